The topological polar surface area (TPSA) is 445 Å². The van der Waals surface area contributed by atoms with E-state index in [1.807, 2.05) is 18.7 Å². The van der Waals surface area contributed by atoms with Gasteiger partial charge in [-0.25, -0.2) is 0 Å². The number of nitrogens with one attached hydrogen (secondary N) is 3. The average molecular weight is 1230 g/mol. The van der Waals surface area contributed by atoms with E-state index in [-0.39, 0.29) is 137 Å². The van der Waals surface area contributed by atoms with Gasteiger partial charge in [-0.05, 0) is 82.6 Å². The normalized spacial score (nSPS) is 16.6. The number of aromatic hydroxyl groups is 2. The van der Waals surface area contributed by atoms with Crippen molar-refractivity contribution in [2.45, 2.75) is 116 Å². The number of amides is 3. The van der Waals surface area contributed by atoms with E-state index in [1.54, 1.807) is 16.7 Å². The number of carbonyl (C=O) groups is 12. The molecule has 0 radical (unpaired) electrons. The monoisotopic (exact) mass is 1230 g/mol. The summed E-state index contributed by atoms with van der Waals surface area (Å²) in [6.07, 6.45) is -3.22. The van der Waals surface area contributed by atoms with Gasteiger partial charge in [0.1, 0.15) is 17.3 Å². The molecule has 1 aromatic carbocycles. The molecule has 2 aromatic rings. The number of Topliss-reactive ketones (excluding diaryl/α,β-unsaturated/α-hetero) is 3. The predicted octanol–water partition coefficient (Wildman–Crippen LogP) is 0.414. The van der Waals surface area contributed by atoms with Gasteiger partial charge in [0.2, 0.25) is 11.8 Å². The molecule has 482 valence electrons. The van der Waals surface area contributed by atoms with Crippen molar-refractivity contribution < 1.29 is 103 Å². The molecule has 30 heteroatoms. The first-order valence-electron chi connectivity index (χ1n) is 29.1. The number of nitrogens with zero attached hydrogens (tertiary/aromatic N) is 6. The second-order valence-electron chi connectivity index (χ2n) is 22.2. The number of carbonyl (C=O) groups excluding carboxylic acids is 6. The molecular formula is C57H83N9O21. The lowest BCUT2D eigenvalue weighted by Gasteiger charge is -2.33. The summed E-state index contributed by atoms with van der Waals surface area (Å²) in [5.74, 6) is -14.0. The van der Waals surface area contributed by atoms with Gasteiger partial charge in [-0.3, -0.25) is 77.1 Å². The summed E-state index contributed by atoms with van der Waals surface area (Å²) in [5.41, 5.74) is 0.685. The largest absolute Gasteiger partial charge is 0.508 e. The fourth-order valence-corrected chi connectivity index (χ4v) is 10.5. The Hall–Kier alpha value is -7.93. The van der Waals surface area contributed by atoms with E-state index in [9.17, 15) is 98.4 Å². The third-order valence-corrected chi connectivity index (χ3v) is 15.3. The number of carboxylic acid groups (broad SMARTS) is 6. The molecule has 3 amide bonds. The van der Waals surface area contributed by atoms with Crippen LogP contribution in [-0.4, -0.2) is 258 Å². The summed E-state index contributed by atoms with van der Waals surface area (Å²) in [5, 5.41) is 90.4. The van der Waals surface area contributed by atoms with Crippen molar-refractivity contribution in [1.29, 1.82) is 0 Å². The molecule has 4 rings (SSSR count). The number of phenolic OH excluding ortho intramolecular Hbond substituents is 2. The van der Waals surface area contributed by atoms with Crippen LogP contribution in [0.1, 0.15) is 119 Å². The average Bonchev–Trinajstić information content (AvgIpc) is 2.08. The van der Waals surface area contributed by atoms with Crippen LogP contribution < -0.4 is 16.0 Å². The highest BCUT2D eigenvalue weighted by atomic mass is 16.5. The summed E-state index contributed by atoms with van der Waals surface area (Å²) in [6.45, 7) is 5.76. The highest BCUT2D eigenvalue weighted by Gasteiger charge is 2.34. The Balaban J connectivity index is 1.42. The summed E-state index contributed by atoms with van der Waals surface area (Å²) < 4.78 is 5.59. The summed E-state index contributed by atoms with van der Waals surface area (Å²) in [6, 6.07) is -0.255. The molecule has 3 heterocycles. The number of aliphatic carboxylic acids is 6. The van der Waals surface area contributed by atoms with Crippen LogP contribution in [-0.2, 0) is 59.2 Å². The highest BCUT2D eigenvalue weighted by molar-refractivity contribution is 5.98. The van der Waals surface area contributed by atoms with Gasteiger partial charge in [-0.15, -0.1) is 0 Å². The number of carboxylic acids is 6. The molecule has 1 aromatic heterocycles. The maximum Gasteiger partial charge on any atom is 0.317 e. The first-order valence-corrected chi connectivity index (χ1v) is 29.1. The van der Waals surface area contributed by atoms with Gasteiger partial charge in [0.05, 0.1) is 43.8 Å². The summed E-state index contributed by atoms with van der Waals surface area (Å²) in [4.78, 5) is 161. The first kappa shape index (κ1) is 71.6. The first-order chi connectivity index (χ1) is 41.1. The lowest BCUT2D eigenvalue weighted by atomic mass is 9.87. The molecule has 87 heavy (non-hydrogen) atoms. The van der Waals surface area contributed by atoms with Crippen molar-refractivity contribution in [1.82, 2.24) is 45.6 Å². The van der Waals surface area contributed by atoms with Crippen LogP contribution in [0.4, 0.5) is 0 Å². The Bertz CT molecular complexity index is 2730. The van der Waals surface area contributed by atoms with Gasteiger partial charge in [0.25, 0.3) is 5.91 Å². The number of likely N-dealkylation sites (tertiary alicyclic amines) is 1. The molecular weight excluding hydrogens is 1150 g/mol. The molecule has 0 spiro atoms. The molecule has 11 N–H and O–H groups in total. The number of phenols is 2. The van der Waals surface area contributed by atoms with Crippen LogP contribution in [0.15, 0.2) is 16.7 Å². The molecule has 0 bridgehead atoms. The van der Waals surface area contributed by atoms with Crippen molar-refractivity contribution >= 4 is 70.9 Å². The third-order valence-electron chi connectivity index (χ3n) is 15.3. The van der Waals surface area contributed by atoms with Crippen LogP contribution in [0.3, 0.4) is 0 Å². The van der Waals surface area contributed by atoms with E-state index in [2.05, 4.69) is 21.1 Å². The minimum atomic E-state index is -1.54. The number of ketones is 3. The predicted molar refractivity (Wildman–Crippen MR) is 306 cm³/mol. The number of aromatic nitrogens is 1. The van der Waals surface area contributed by atoms with Gasteiger partial charge in [-0.1, -0.05) is 19.0 Å². The van der Waals surface area contributed by atoms with Crippen LogP contribution in [0, 0.1) is 11.8 Å². The fraction of sp³-hybridized carbons (Fsp3) is 0.632. The van der Waals surface area contributed by atoms with E-state index >= 15 is 0 Å². The fourth-order valence-electron chi connectivity index (χ4n) is 10.5. The Labute approximate surface area is 502 Å². The van der Waals surface area contributed by atoms with Gasteiger partial charge < -0.3 is 66.2 Å². The summed E-state index contributed by atoms with van der Waals surface area (Å²) >= 11 is 0. The number of hydrogen-bond donors (Lipinski definition) is 11. The van der Waals surface area contributed by atoms with E-state index in [0.29, 0.717) is 38.0 Å². The molecule has 2 aliphatic rings. The maximum atomic E-state index is 14.1. The maximum absolute atomic E-state index is 14.1. The van der Waals surface area contributed by atoms with E-state index in [0.717, 1.165) is 6.07 Å². The Morgan fingerprint density at radius 3 is 1.54 bits per heavy atom. The smallest absolute Gasteiger partial charge is 0.317 e. The zero-order valence-corrected chi connectivity index (χ0v) is 49.4. The summed E-state index contributed by atoms with van der Waals surface area (Å²) in [7, 11) is 0. The van der Waals surface area contributed by atoms with Crippen LogP contribution in [0.25, 0.3) is 11.3 Å². The second-order valence-corrected chi connectivity index (χ2v) is 22.2. The molecule has 2 saturated heterocycles. The van der Waals surface area contributed by atoms with E-state index in [4.69, 9.17) is 4.52 Å². The third kappa shape index (κ3) is 24.8. The van der Waals surface area contributed by atoms with E-state index < -0.39 is 147 Å². The Kier molecular flexibility index (Phi) is 29.3. The van der Waals surface area contributed by atoms with Crippen molar-refractivity contribution in [3.8, 4) is 22.8 Å². The van der Waals surface area contributed by atoms with Gasteiger partial charge in [-0.2, -0.15) is 0 Å². The zero-order chi connectivity index (χ0) is 64.5. The van der Waals surface area contributed by atoms with Crippen molar-refractivity contribution in [2.75, 3.05) is 105 Å². The lowest BCUT2D eigenvalue weighted by molar-refractivity contribution is -0.140. The Morgan fingerprint density at radius 2 is 1.07 bits per heavy atom. The van der Waals surface area contributed by atoms with Gasteiger partial charge in [0, 0.05) is 121 Å². The lowest BCUT2D eigenvalue weighted by Crippen LogP contribution is -2.51. The van der Waals surface area contributed by atoms with Crippen LogP contribution >= 0.6 is 0 Å². The molecule has 30 nitrogen and oxygen atoms in total. The molecule has 2 fully saturated rings. The molecule has 0 unspecified atom stereocenters. The number of piperidine rings is 1. The SMILES string of the molecule is CCNC(=O)c1noc(-c2cc(C(C)C)c(O)cc2O)c1CC(=O)C1CCN(CCCC(=O)[C@@H](CCC(=O)O)NC(=O)[C@@H](CCC(=O)O)CC(=O)[C@@H](CCC(=O)O)NC(=O)CN2CCN(CC(=O)O)CCN(CC(=O)O)CCN(CC(=O)O)CC2)CC1. The minimum Gasteiger partial charge on any atom is -0.508 e. The Morgan fingerprint density at radius 1 is 0.586 bits per heavy atom. The van der Waals surface area contributed by atoms with Gasteiger partial charge in [0.15, 0.2) is 23.0 Å². The van der Waals surface area contributed by atoms with Gasteiger partial charge >= 0.3 is 35.8 Å². The van der Waals surface area contributed by atoms with Crippen molar-refractivity contribution in [3.63, 3.8) is 0 Å². The molecule has 0 aliphatic carbocycles. The number of rotatable bonds is 35. The standard InChI is InChI=1S/C57H83N9O21/c1-4-58-57(86)54-39(55(87-61-54)38-27-37(34(2)3)44(69)29-45(38)70)28-43(68)35-13-16-62(17-14-35)15-5-6-42(67)40(8-11-49(75)76)60-56(85)36(7-10-48(73)74)26-46(71)41(9-12-50(77)78)59-47(72)30-63-18-20-64(31-51(79)80)22-24-66(33-53(83)84)25-23-65(21-19-63)32-52(81)82/h27,29,34-36,40-41,69-70H,4-26,28,30-33H2,1-3H3,(H,58,86)(H,59,72)(H,60,85)(H,73,74)(H,75,76)(H,77,78)(H,79,80)(H,81,82)(H,83,84)/t36-,40+,41+/m0/s1. The van der Waals surface area contributed by atoms with E-state index in [1.165, 1.54) is 15.9 Å². The van der Waals surface area contributed by atoms with Crippen LogP contribution in [0.5, 0.6) is 11.5 Å². The second kappa shape index (κ2) is 35.6. The van der Waals surface area contributed by atoms with Crippen molar-refractivity contribution in [2.24, 2.45) is 11.8 Å². The number of hydrogen-bond acceptors (Lipinski definition) is 21. The zero-order valence-electron chi connectivity index (χ0n) is 49.4. The minimum absolute atomic E-state index is 0.00794. The molecule has 2 aliphatic heterocycles. The molecule has 3 atom stereocenters. The quantitative estimate of drug-likeness (QED) is 0.0445. The van der Waals surface area contributed by atoms with Crippen LogP contribution in [0.2, 0.25) is 0 Å². The molecule has 0 saturated carbocycles. The highest BCUT2D eigenvalue weighted by Crippen LogP contribution is 2.40. The van der Waals surface area contributed by atoms with Crippen molar-refractivity contribution in [3.05, 3.63) is 29.0 Å². The number of benzene rings is 1.